The number of carbonyl (C=O) groups is 2. The molecule has 0 unspecified atom stereocenters. The highest BCUT2D eigenvalue weighted by Gasteiger charge is 2.14. The minimum atomic E-state index is -1.26. The number of aliphatic carboxylic acids is 2. The van der Waals surface area contributed by atoms with Crippen LogP contribution < -0.4 is 0 Å². The van der Waals surface area contributed by atoms with Gasteiger partial charge in [-0.1, -0.05) is 41.7 Å². The van der Waals surface area contributed by atoms with Crippen LogP contribution in [0.15, 0.2) is 54.9 Å². The fourth-order valence-electron chi connectivity index (χ4n) is 2.79. The van der Waals surface area contributed by atoms with Crippen molar-refractivity contribution in [1.82, 2.24) is 14.3 Å². The molecule has 29 heavy (non-hydrogen) atoms. The van der Waals surface area contributed by atoms with Gasteiger partial charge in [0.2, 0.25) is 0 Å². The van der Waals surface area contributed by atoms with E-state index in [4.69, 9.17) is 19.9 Å². The summed E-state index contributed by atoms with van der Waals surface area (Å²) in [6.07, 6.45) is 5.43. The van der Waals surface area contributed by atoms with E-state index in [2.05, 4.69) is 46.0 Å². The maximum Gasteiger partial charge on any atom is 0.328 e. The van der Waals surface area contributed by atoms with Crippen molar-refractivity contribution in [2.75, 3.05) is 26.3 Å². The highest BCUT2D eigenvalue weighted by molar-refractivity contribution is 7.20. The zero-order chi connectivity index (χ0) is 20.6. The van der Waals surface area contributed by atoms with Gasteiger partial charge in [-0.3, -0.25) is 9.30 Å². The summed E-state index contributed by atoms with van der Waals surface area (Å²) in [7, 11) is 0. The number of carboxylic acids is 2. The number of ether oxygens (including phenoxy) is 1. The number of hydrogen-bond donors (Lipinski definition) is 2. The van der Waals surface area contributed by atoms with E-state index >= 15 is 0 Å². The molecule has 3 aromatic rings. The van der Waals surface area contributed by atoms with Crippen LogP contribution in [0.4, 0.5) is 0 Å². The molecule has 0 saturated carbocycles. The number of fused-ring (bicyclic) bond motifs is 1. The monoisotopic (exact) mass is 415 g/mol. The summed E-state index contributed by atoms with van der Waals surface area (Å²) in [5, 5.41) is 15.6. The molecule has 2 N–H and O–H groups in total. The van der Waals surface area contributed by atoms with Gasteiger partial charge in [-0.25, -0.2) is 14.6 Å². The summed E-state index contributed by atoms with van der Waals surface area (Å²) in [6.45, 7) is 4.58. The van der Waals surface area contributed by atoms with Gasteiger partial charge < -0.3 is 14.9 Å². The Hall–Kier alpha value is -3.01. The number of thiazole rings is 1. The molecular weight excluding hydrogens is 394 g/mol. The molecule has 0 bridgehead atoms. The third-order valence-electron chi connectivity index (χ3n) is 4.12. The second-order valence-corrected chi connectivity index (χ2v) is 7.29. The van der Waals surface area contributed by atoms with Crippen molar-refractivity contribution in [2.45, 2.75) is 6.54 Å². The van der Waals surface area contributed by atoms with Crippen molar-refractivity contribution in [2.24, 2.45) is 0 Å². The van der Waals surface area contributed by atoms with Crippen LogP contribution in [0, 0.1) is 0 Å². The van der Waals surface area contributed by atoms with Crippen molar-refractivity contribution < 1.29 is 24.5 Å². The lowest BCUT2D eigenvalue weighted by Crippen LogP contribution is -2.35. The highest BCUT2D eigenvalue weighted by atomic mass is 32.1. The molecule has 0 amide bonds. The van der Waals surface area contributed by atoms with Crippen molar-refractivity contribution in [3.05, 3.63) is 60.6 Å². The third-order valence-corrected chi connectivity index (χ3v) is 5.17. The van der Waals surface area contributed by atoms with E-state index in [1.165, 1.54) is 10.4 Å². The number of carboxylic acid groups (broad SMARTS) is 2. The zero-order valence-electron chi connectivity index (χ0n) is 15.6. The van der Waals surface area contributed by atoms with E-state index in [9.17, 15) is 9.59 Å². The summed E-state index contributed by atoms with van der Waals surface area (Å²) in [6, 6.07) is 10.5. The normalized spacial score (nSPS) is 14.6. The number of hydrogen-bond acceptors (Lipinski definition) is 6. The van der Waals surface area contributed by atoms with Crippen molar-refractivity contribution in [3.8, 4) is 10.4 Å². The summed E-state index contributed by atoms with van der Waals surface area (Å²) >= 11 is 1.74. The van der Waals surface area contributed by atoms with Gasteiger partial charge in [-0.15, -0.1) is 0 Å². The lowest BCUT2D eigenvalue weighted by atomic mass is 10.2. The second-order valence-electron chi connectivity index (χ2n) is 6.28. The zero-order valence-corrected chi connectivity index (χ0v) is 16.4. The molecule has 1 aliphatic heterocycles. The molecule has 4 rings (SSSR count). The Bertz CT molecular complexity index is 943. The summed E-state index contributed by atoms with van der Waals surface area (Å²) in [4.78, 5) is 28.6. The van der Waals surface area contributed by atoms with Crippen molar-refractivity contribution in [3.63, 3.8) is 0 Å². The Morgan fingerprint density at radius 2 is 1.72 bits per heavy atom. The molecule has 3 heterocycles. The molecule has 0 aliphatic carbocycles. The van der Waals surface area contributed by atoms with Gasteiger partial charge in [0.1, 0.15) is 0 Å². The van der Waals surface area contributed by atoms with Gasteiger partial charge in [-0.05, 0) is 5.56 Å². The molecular formula is C20H21N3O5S. The van der Waals surface area contributed by atoms with Crippen molar-refractivity contribution >= 4 is 28.2 Å². The molecule has 0 atom stereocenters. The molecule has 1 saturated heterocycles. The summed E-state index contributed by atoms with van der Waals surface area (Å²) in [5.41, 5.74) is 2.39. The number of benzene rings is 1. The van der Waals surface area contributed by atoms with Gasteiger partial charge in [0.05, 0.1) is 23.8 Å². The summed E-state index contributed by atoms with van der Waals surface area (Å²) in [5.74, 6) is -2.51. The molecule has 0 spiro atoms. The first-order valence-electron chi connectivity index (χ1n) is 8.98. The van der Waals surface area contributed by atoms with Gasteiger partial charge in [-0.2, -0.15) is 0 Å². The molecule has 1 aromatic carbocycles. The molecule has 9 heteroatoms. The minimum absolute atomic E-state index is 0.558. The molecule has 8 nitrogen and oxygen atoms in total. The van der Waals surface area contributed by atoms with Gasteiger partial charge in [0.15, 0.2) is 4.96 Å². The van der Waals surface area contributed by atoms with Crippen LogP contribution in [-0.2, 0) is 20.9 Å². The maximum atomic E-state index is 9.55. The molecule has 1 aliphatic rings. The second kappa shape index (κ2) is 9.97. The van der Waals surface area contributed by atoms with Gasteiger partial charge in [0, 0.05) is 44.2 Å². The number of imidazole rings is 1. The quantitative estimate of drug-likeness (QED) is 0.617. The fraction of sp³-hybridized carbons (Fsp3) is 0.250. The van der Waals surface area contributed by atoms with E-state index in [0.717, 1.165) is 43.5 Å². The van der Waals surface area contributed by atoms with E-state index < -0.39 is 11.9 Å². The number of nitrogens with zero attached hydrogens (tertiary/aromatic N) is 3. The molecule has 2 aromatic heterocycles. The van der Waals surface area contributed by atoms with Gasteiger partial charge in [0.25, 0.3) is 0 Å². The van der Waals surface area contributed by atoms with E-state index in [0.29, 0.717) is 12.2 Å². The predicted molar refractivity (Wildman–Crippen MR) is 109 cm³/mol. The average molecular weight is 415 g/mol. The first-order valence-corrected chi connectivity index (χ1v) is 9.80. The van der Waals surface area contributed by atoms with Crippen LogP contribution >= 0.6 is 11.3 Å². The Labute approximate surface area is 171 Å². The Kier molecular flexibility index (Phi) is 7.12. The van der Waals surface area contributed by atoms with Crippen LogP contribution in [0.3, 0.4) is 0 Å². The predicted octanol–water partition coefficient (Wildman–Crippen LogP) is 2.61. The highest BCUT2D eigenvalue weighted by Crippen LogP contribution is 2.28. The third kappa shape index (κ3) is 6.24. The molecule has 1 fully saturated rings. The first kappa shape index (κ1) is 20.7. The van der Waals surface area contributed by atoms with Crippen LogP contribution in [0.25, 0.3) is 15.4 Å². The molecule has 0 radical (unpaired) electrons. The Morgan fingerprint density at radius 1 is 1.07 bits per heavy atom. The molecule has 152 valence electrons. The number of rotatable bonds is 5. The first-order chi connectivity index (χ1) is 14.0. The van der Waals surface area contributed by atoms with Crippen LogP contribution in [0.5, 0.6) is 0 Å². The largest absolute Gasteiger partial charge is 0.478 e. The lowest BCUT2D eigenvalue weighted by molar-refractivity contribution is -0.134. The van der Waals surface area contributed by atoms with E-state index in [1.54, 1.807) is 11.3 Å². The standard InChI is InChI=1S/C16H17N3OS.C4H4O4/c1-2-4-13(5-3-1)15-12-19-11-14(17-16(19)21-15)10-18-6-8-20-9-7-18;5-3(6)1-2-4(7)8/h1-5,11-12H,6-10H2;1-2H,(H,5,6)(H,7,8). The number of morpholine rings is 1. The van der Waals surface area contributed by atoms with Crippen LogP contribution in [0.1, 0.15) is 5.69 Å². The fourth-order valence-corrected chi connectivity index (χ4v) is 3.78. The van der Waals surface area contributed by atoms with E-state index in [1.807, 2.05) is 6.07 Å². The SMILES string of the molecule is O=C(O)C=CC(=O)O.c1ccc(-c2cn3cc(CN4CCOCC4)nc3s2)cc1. The van der Waals surface area contributed by atoms with Crippen LogP contribution in [-0.4, -0.2) is 62.7 Å². The topological polar surface area (TPSA) is 104 Å². The lowest BCUT2D eigenvalue weighted by Gasteiger charge is -2.25. The maximum absolute atomic E-state index is 9.55. The van der Waals surface area contributed by atoms with Gasteiger partial charge >= 0.3 is 11.9 Å². The average Bonchev–Trinajstić information content (AvgIpc) is 3.27. The Morgan fingerprint density at radius 3 is 2.31 bits per heavy atom. The van der Waals surface area contributed by atoms with E-state index in [-0.39, 0.29) is 0 Å². The van der Waals surface area contributed by atoms with Crippen LogP contribution in [0.2, 0.25) is 0 Å². The summed E-state index contributed by atoms with van der Waals surface area (Å²) < 4.78 is 7.52. The number of aromatic nitrogens is 2. The van der Waals surface area contributed by atoms with Crippen molar-refractivity contribution in [1.29, 1.82) is 0 Å². The Balaban J connectivity index is 0.000000258. The smallest absolute Gasteiger partial charge is 0.328 e. The minimum Gasteiger partial charge on any atom is -0.478 e.